The van der Waals surface area contributed by atoms with E-state index < -0.39 is 0 Å². The second-order valence-electron chi connectivity index (χ2n) is 10.1. The number of likely N-dealkylation sites (tertiary alicyclic amines) is 1. The fraction of sp³-hybridized carbons (Fsp3) is 0.560. The molecule has 3 aromatic rings. The van der Waals surface area contributed by atoms with Crippen molar-refractivity contribution in [3.8, 4) is 5.82 Å². The molecule has 1 aromatic carbocycles. The summed E-state index contributed by atoms with van der Waals surface area (Å²) in [5.74, 6) is 2.97. The molecule has 0 radical (unpaired) electrons. The number of fused-ring (bicyclic) bond motifs is 3. The first kappa shape index (κ1) is 21.1. The molecule has 2 bridgehead atoms. The molecule has 4 fully saturated rings. The zero-order valence-corrected chi connectivity index (χ0v) is 20.1. The van der Waals surface area contributed by atoms with Crippen molar-refractivity contribution in [1.29, 1.82) is 0 Å². The second kappa shape index (κ2) is 8.16. The quantitative estimate of drug-likeness (QED) is 0.567. The standard InChI is InChI=1S/C25H29ClN6O2/c1-15-28-24(31-11-20-7-18(31)14-34-20)9-25(29-15)32-23-8-21(22(26)6-17(23)10-27-32)16-2-4-30(5-3-16)19-12-33-13-19/h6,8-10,16,18-20H,2-5,7,11-14H2,1H3/t18-,20-/m1/s1. The largest absolute Gasteiger partial charge is 0.378 e. The summed E-state index contributed by atoms with van der Waals surface area (Å²) >= 11 is 6.79. The second-order valence-corrected chi connectivity index (χ2v) is 10.5. The smallest absolute Gasteiger partial charge is 0.159 e. The molecule has 9 heteroatoms. The Morgan fingerprint density at radius 3 is 2.53 bits per heavy atom. The zero-order valence-electron chi connectivity index (χ0n) is 19.4. The maximum Gasteiger partial charge on any atom is 0.159 e. The van der Waals surface area contributed by atoms with E-state index in [-0.39, 0.29) is 0 Å². The van der Waals surface area contributed by atoms with E-state index in [4.69, 9.17) is 36.1 Å². The van der Waals surface area contributed by atoms with E-state index in [1.165, 1.54) is 5.56 Å². The van der Waals surface area contributed by atoms with Gasteiger partial charge in [-0.15, -0.1) is 0 Å². The van der Waals surface area contributed by atoms with Crippen molar-refractivity contribution in [3.05, 3.63) is 40.8 Å². The fourth-order valence-corrected chi connectivity index (χ4v) is 6.37. The summed E-state index contributed by atoms with van der Waals surface area (Å²) in [7, 11) is 0. The average Bonchev–Trinajstić information content (AvgIpc) is 3.53. The SMILES string of the molecule is Cc1nc(N2C[C@H]3C[C@@H]2CO3)cc(-n2ncc3cc(Cl)c(C4CCN(C5COC5)CC4)cc32)n1. The van der Waals surface area contributed by atoms with E-state index in [0.29, 0.717) is 24.1 Å². The Bertz CT molecular complexity index is 1240. The van der Waals surface area contributed by atoms with Crippen molar-refractivity contribution in [3.63, 3.8) is 0 Å². The molecule has 6 heterocycles. The van der Waals surface area contributed by atoms with Crippen LogP contribution in [0, 0.1) is 6.92 Å². The van der Waals surface area contributed by atoms with Crippen LogP contribution in [0.1, 0.15) is 36.6 Å². The van der Waals surface area contributed by atoms with Crippen molar-refractivity contribution in [2.24, 2.45) is 0 Å². The molecule has 7 rings (SSSR count). The minimum atomic E-state index is 0.321. The number of anilines is 1. The van der Waals surface area contributed by atoms with Gasteiger partial charge in [0.1, 0.15) is 11.6 Å². The first-order valence-corrected chi connectivity index (χ1v) is 12.7. The van der Waals surface area contributed by atoms with E-state index in [1.54, 1.807) is 0 Å². The Labute approximate surface area is 203 Å². The van der Waals surface area contributed by atoms with Crippen molar-refractivity contribution in [1.82, 2.24) is 24.6 Å². The predicted octanol–water partition coefficient (Wildman–Crippen LogP) is 3.33. The Hall–Kier alpha value is -2.26. The third kappa shape index (κ3) is 3.50. The molecule has 2 aromatic heterocycles. The minimum Gasteiger partial charge on any atom is -0.378 e. The van der Waals surface area contributed by atoms with Gasteiger partial charge in [-0.1, -0.05) is 11.6 Å². The van der Waals surface area contributed by atoms with E-state index >= 15 is 0 Å². The van der Waals surface area contributed by atoms with Gasteiger partial charge in [0, 0.05) is 23.0 Å². The Kier molecular flexibility index (Phi) is 5.05. The van der Waals surface area contributed by atoms with Crippen LogP contribution in [0.4, 0.5) is 5.82 Å². The number of ether oxygens (including phenoxy) is 2. The molecule has 2 atom stereocenters. The van der Waals surface area contributed by atoms with Crippen molar-refractivity contribution in [2.45, 2.75) is 50.3 Å². The number of nitrogens with zero attached hydrogens (tertiary/aromatic N) is 6. The highest BCUT2D eigenvalue weighted by Gasteiger charge is 2.40. The summed E-state index contributed by atoms with van der Waals surface area (Å²) in [5.41, 5.74) is 2.27. The van der Waals surface area contributed by atoms with Crippen LogP contribution in [-0.2, 0) is 9.47 Å². The molecule has 8 nitrogen and oxygen atoms in total. The Balaban J connectivity index is 1.21. The van der Waals surface area contributed by atoms with E-state index in [0.717, 1.165) is 92.1 Å². The number of morpholine rings is 1. The summed E-state index contributed by atoms with van der Waals surface area (Å²) in [6.45, 7) is 7.58. The van der Waals surface area contributed by atoms with Crippen LogP contribution in [0.3, 0.4) is 0 Å². The summed E-state index contributed by atoms with van der Waals surface area (Å²) in [4.78, 5) is 14.4. The van der Waals surface area contributed by atoms with Gasteiger partial charge in [-0.3, -0.25) is 4.90 Å². The van der Waals surface area contributed by atoms with Gasteiger partial charge in [-0.05, 0) is 62.9 Å². The van der Waals surface area contributed by atoms with Crippen molar-refractivity contribution < 1.29 is 9.47 Å². The normalized spacial score (nSPS) is 26.0. The predicted molar refractivity (Wildman–Crippen MR) is 130 cm³/mol. The third-order valence-electron chi connectivity index (χ3n) is 8.02. The molecule has 0 aliphatic carbocycles. The monoisotopic (exact) mass is 480 g/mol. The van der Waals surface area contributed by atoms with Crippen LogP contribution >= 0.6 is 11.6 Å². The van der Waals surface area contributed by atoms with Crippen molar-refractivity contribution in [2.75, 3.05) is 44.4 Å². The van der Waals surface area contributed by atoms with E-state index in [1.807, 2.05) is 17.8 Å². The lowest BCUT2D eigenvalue weighted by molar-refractivity contribution is -0.0712. The molecule has 0 unspecified atom stereocenters. The molecule has 178 valence electrons. The zero-order chi connectivity index (χ0) is 22.8. The molecule has 34 heavy (non-hydrogen) atoms. The van der Waals surface area contributed by atoms with E-state index in [9.17, 15) is 0 Å². The van der Waals surface area contributed by atoms with E-state index in [2.05, 4.69) is 28.0 Å². The van der Waals surface area contributed by atoms with Gasteiger partial charge in [0.05, 0.1) is 49.7 Å². The highest BCUT2D eigenvalue weighted by Crippen LogP contribution is 2.37. The minimum absolute atomic E-state index is 0.321. The van der Waals surface area contributed by atoms with Crippen LogP contribution in [0.15, 0.2) is 24.4 Å². The molecular formula is C25H29ClN6O2. The maximum atomic E-state index is 6.79. The number of hydrogen-bond donors (Lipinski definition) is 0. The Morgan fingerprint density at radius 1 is 1.00 bits per heavy atom. The summed E-state index contributed by atoms with van der Waals surface area (Å²) in [5, 5.41) is 6.58. The fourth-order valence-electron chi connectivity index (χ4n) is 6.04. The van der Waals surface area contributed by atoms with Crippen LogP contribution in [0.2, 0.25) is 5.02 Å². The summed E-state index contributed by atoms with van der Waals surface area (Å²) < 4.78 is 13.1. The number of rotatable bonds is 4. The van der Waals surface area contributed by atoms with Crippen LogP contribution in [-0.4, -0.2) is 82.3 Å². The van der Waals surface area contributed by atoms with Gasteiger partial charge < -0.3 is 14.4 Å². The average molecular weight is 481 g/mol. The summed E-state index contributed by atoms with van der Waals surface area (Å²) in [6.07, 6.45) is 5.52. The Morgan fingerprint density at radius 2 is 1.82 bits per heavy atom. The first-order chi connectivity index (χ1) is 16.6. The van der Waals surface area contributed by atoms with Crippen LogP contribution < -0.4 is 4.90 Å². The lowest BCUT2D eigenvalue weighted by Gasteiger charge is -2.41. The number of hydrogen-bond acceptors (Lipinski definition) is 7. The van der Waals surface area contributed by atoms with Crippen LogP contribution in [0.25, 0.3) is 16.7 Å². The molecule has 4 saturated heterocycles. The molecule has 4 aliphatic heterocycles. The van der Waals surface area contributed by atoms with Gasteiger partial charge in [-0.2, -0.15) is 5.10 Å². The molecule has 0 amide bonds. The van der Waals surface area contributed by atoms with Gasteiger partial charge in [0.2, 0.25) is 0 Å². The first-order valence-electron chi connectivity index (χ1n) is 12.4. The molecule has 0 saturated carbocycles. The number of benzene rings is 1. The van der Waals surface area contributed by atoms with Crippen molar-refractivity contribution >= 4 is 28.3 Å². The lowest BCUT2D eigenvalue weighted by atomic mass is 9.88. The summed E-state index contributed by atoms with van der Waals surface area (Å²) in [6, 6.07) is 7.37. The molecular weight excluding hydrogens is 452 g/mol. The molecule has 4 aliphatic rings. The number of piperidine rings is 1. The van der Waals surface area contributed by atoms with Gasteiger partial charge in [0.15, 0.2) is 5.82 Å². The highest BCUT2D eigenvalue weighted by atomic mass is 35.5. The van der Waals surface area contributed by atoms with Gasteiger partial charge in [-0.25, -0.2) is 14.6 Å². The lowest BCUT2D eigenvalue weighted by Crippen LogP contribution is -2.51. The topological polar surface area (TPSA) is 68.5 Å². The number of halogens is 1. The number of aryl methyl sites for hydroxylation is 1. The molecule has 0 spiro atoms. The third-order valence-corrected chi connectivity index (χ3v) is 8.34. The highest BCUT2D eigenvalue weighted by molar-refractivity contribution is 6.32. The van der Waals surface area contributed by atoms with Crippen LogP contribution in [0.5, 0.6) is 0 Å². The van der Waals surface area contributed by atoms with Gasteiger partial charge >= 0.3 is 0 Å². The maximum absolute atomic E-state index is 6.79. The van der Waals surface area contributed by atoms with Gasteiger partial charge in [0.25, 0.3) is 0 Å². The number of aromatic nitrogens is 4. The molecule has 0 N–H and O–H groups in total.